The third-order valence-electron chi connectivity index (χ3n) is 2.82. The van der Waals surface area contributed by atoms with E-state index < -0.39 is 11.9 Å². The van der Waals surface area contributed by atoms with Crippen molar-refractivity contribution < 1.29 is 19.7 Å². The Bertz CT molecular complexity index is 400. The third-order valence-corrected chi connectivity index (χ3v) is 2.82. The monoisotopic (exact) mass is 222 g/mol. The van der Waals surface area contributed by atoms with Gasteiger partial charge in [0, 0.05) is 0 Å². The number of ether oxygens (including phenoxy) is 1. The average Bonchev–Trinajstić information content (AvgIpc) is 2.29. The normalized spacial score (nSPS) is 16.1. The van der Waals surface area contributed by atoms with Crippen LogP contribution in [0.5, 0.6) is 5.75 Å². The number of benzene rings is 1. The Morgan fingerprint density at radius 1 is 1.50 bits per heavy atom. The number of carboxylic acid groups (broad SMARTS) is 1. The summed E-state index contributed by atoms with van der Waals surface area (Å²) in [6.45, 7) is 0.337. The first kappa shape index (κ1) is 11.0. The molecule has 1 atom stereocenters. The molecular weight excluding hydrogens is 208 g/mol. The summed E-state index contributed by atoms with van der Waals surface area (Å²) in [6, 6.07) is 5.32. The first-order valence-electron chi connectivity index (χ1n) is 5.31. The highest BCUT2D eigenvalue weighted by Crippen LogP contribution is 2.28. The maximum absolute atomic E-state index is 10.9. The molecule has 1 aromatic rings. The molecule has 16 heavy (non-hydrogen) atoms. The van der Waals surface area contributed by atoms with Crippen LogP contribution in [0.2, 0.25) is 0 Å². The summed E-state index contributed by atoms with van der Waals surface area (Å²) in [6.07, 6.45) is 1.86. The van der Waals surface area contributed by atoms with E-state index in [9.17, 15) is 4.79 Å². The lowest BCUT2D eigenvalue weighted by molar-refractivity contribution is -0.139. The zero-order chi connectivity index (χ0) is 11.5. The van der Waals surface area contributed by atoms with Crippen LogP contribution in [0, 0.1) is 0 Å². The molecule has 4 heteroatoms. The van der Waals surface area contributed by atoms with Gasteiger partial charge in [-0.3, -0.25) is 4.79 Å². The molecule has 1 aliphatic rings. The molecule has 2 N–H and O–H groups in total. The number of aliphatic carboxylic acids is 1. The van der Waals surface area contributed by atoms with Gasteiger partial charge in [0.25, 0.3) is 0 Å². The van der Waals surface area contributed by atoms with Crippen molar-refractivity contribution in [1.82, 2.24) is 0 Å². The van der Waals surface area contributed by atoms with Crippen LogP contribution in [0.4, 0.5) is 0 Å². The van der Waals surface area contributed by atoms with E-state index in [-0.39, 0.29) is 6.61 Å². The fraction of sp³-hybridized carbons (Fsp3) is 0.417. The topological polar surface area (TPSA) is 66.8 Å². The SMILES string of the molecule is O=C(O)C(CO)c1ccc2c(c1)CCCO2. The number of hydrogen-bond donors (Lipinski definition) is 2. The van der Waals surface area contributed by atoms with E-state index in [0.717, 1.165) is 24.2 Å². The first-order chi connectivity index (χ1) is 7.72. The highest BCUT2D eigenvalue weighted by Gasteiger charge is 2.20. The molecule has 0 fully saturated rings. The summed E-state index contributed by atoms with van der Waals surface area (Å²) in [4.78, 5) is 10.9. The zero-order valence-electron chi connectivity index (χ0n) is 8.85. The zero-order valence-corrected chi connectivity index (χ0v) is 8.85. The number of hydrogen-bond acceptors (Lipinski definition) is 3. The van der Waals surface area contributed by atoms with Gasteiger partial charge in [-0.25, -0.2) is 0 Å². The molecule has 0 aromatic heterocycles. The highest BCUT2D eigenvalue weighted by molar-refractivity contribution is 5.76. The Hall–Kier alpha value is -1.55. The summed E-state index contributed by atoms with van der Waals surface area (Å²) in [5.41, 5.74) is 1.67. The van der Waals surface area contributed by atoms with Gasteiger partial charge in [0.15, 0.2) is 0 Å². The fourth-order valence-corrected chi connectivity index (χ4v) is 1.92. The van der Waals surface area contributed by atoms with Crippen molar-refractivity contribution in [1.29, 1.82) is 0 Å². The Kier molecular flexibility index (Phi) is 3.10. The van der Waals surface area contributed by atoms with Gasteiger partial charge < -0.3 is 14.9 Å². The van der Waals surface area contributed by atoms with Crippen LogP contribution in [0.25, 0.3) is 0 Å². The van der Waals surface area contributed by atoms with E-state index in [1.807, 2.05) is 6.07 Å². The maximum atomic E-state index is 10.9. The van der Waals surface area contributed by atoms with Crippen molar-refractivity contribution in [2.24, 2.45) is 0 Å². The molecule has 2 rings (SSSR count). The summed E-state index contributed by atoms with van der Waals surface area (Å²) >= 11 is 0. The van der Waals surface area contributed by atoms with Gasteiger partial charge in [0.2, 0.25) is 0 Å². The van der Waals surface area contributed by atoms with Gasteiger partial charge in [-0.05, 0) is 30.0 Å². The van der Waals surface area contributed by atoms with Gasteiger partial charge in [-0.1, -0.05) is 12.1 Å². The molecule has 0 aliphatic carbocycles. The predicted octanol–water partition coefficient (Wildman–Crippen LogP) is 1.17. The minimum absolute atomic E-state index is 0.380. The van der Waals surface area contributed by atoms with Gasteiger partial charge in [-0.2, -0.15) is 0 Å². The minimum Gasteiger partial charge on any atom is -0.493 e. The number of carbonyl (C=O) groups is 1. The summed E-state index contributed by atoms with van der Waals surface area (Å²) in [5.74, 6) is -1.01. The van der Waals surface area contributed by atoms with Crippen LogP contribution in [0.3, 0.4) is 0 Å². The Balaban J connectivity index is 2.32. The molecule has 1 unspecified atom stereocenters. The molecule has 4 nitrogen and oxygen atoms in total. The minimum atomic E-state index is -1.00. The predicted molar refractivity (Wildman–Crippen MR) is 57.7 cm³/mol. The molecule has 0 spiro atoms. The largest absolute Gasteiger partial charge is 0.493 e. The molecule has 1 heterocycles. The van der Waals surface area contributed by atoms with Gasteiger partial charge >= 0.3 is 5.97 Å². The molecule has 1 aliphatic heterocycles. The quantitative estimate of drug-likeness (QED) is 0.805. The molecule has 0 amide bonds. The highest BCUT2D eigenvalue weighted by atomic mass is 16.5. The van der Waals surface area contributed by atoms with Crippen LogP contribution in [-0.2, 0) is 11.2 Å². The average molecular weight is 222 g/mol. The van der Waals surface area contributed by atoms with Crippen LogP contribution in [-0.4, -0.2) is 29.4 Å². The van der Waals surface area contributed by atoms with Crippen LogP contribution in [0.1, 0.15) is 23.5 Å². The van der Waals surface area contributed by atoms with E-state index in [1.54, 1.807) is 12.1 Å². The number of aryl methyl sites for hydroxylation is 1. The second-order valence-electron chi connectivity index (χ2n) is 3.89. The van der Waals surface area contributed by atoms with Crippen molar-refractivity contribution in [3.05, 3.63) is 29.3 Å². The Morgan fingerprint density at radius 2 is 2.31 bits per heavy atom. The second-order valence-corrected chi connectivity index (χ2v) is 3.89. The number of fused-ring (bicyclic) bond motifs is 1. The maximum Gasteiger partial charge on any atom is 0.313 e. The van der Waals surface area contributed by atoms with E-state index in [0.29, 0.717) is 12.2 Å². The van der Waals surface area contributed by atoms with E-state index >= 15 is 0 Å². The van der Waals surface area contributed by atoms with Gasteiger partial charge in [-0.15, -0.1) is 0 Å². The van der Waals surface area contributed by atoms with Crippen molar-refractivity contribution in [2.45, 2.75) is 18.8 Å². The third kappa shape index (κ3) is 2.02. The molecule has 0 radical (unpaired) electrons. The molecule has 1 aromatic carbocycles. The lowest BCUT2D eigenvalue weighted by atomic mass is 9.95. The van der Waals surface area contributed by atoms with Crippen molar-refractivity contribution >= 4 is 5.97 Å². The van der Waals surface area contributed by atoms with Crippen molar-refractivity contribution in [3.63, 3.8) is 0 Å². The molecule has 86 valence electrons. The van der Waals surface area contributed by atoms with Crippen LogP contribution < -0.4 is 4.74 Å². The molecular formula is C12H14O4. The van der Waals surface area contributed by atoms with Gasteiger partial charge in [0.05, 0.1) is 13.2 Å². The molecule has 0 bridgehead atoms. The number of carboxylic acids is 1. The summed E-state index contributed by atoms with van der Waals surface area (Å²) in [5, 5.41) is 18.0. The van der Waals surface area contributed by atoms with Crippen molar-refractivity contribution in [3.8, 4) is 5.75 Å². The van der Waals surface area contributed by atoms with Crippen LogP contribution >= 0.6 is 0 Å². The van der Waals surface area contributed by atoms with E-state index in [2.05, 4.69) is 0 Å². The van der Waals surface area contributed by atoms with Crippen molar-refractivity contribution in [2.75, 3.05) is 13.2 Å². The fourth-order valence-electron chi connectivity index (χ4n) is 1.92. The van der Waals surface area contributed by atoms with E-state index in [1.165, 1.54) is 0 Å². The number of aliphatic hydroxyl groups excluding tert-OH is 1. The smallest absolute Gasteiger partial charge is 0.313 e. The Morgan fingerprint density at radius 3 is 3.00 bits per heavy atom. The van der Waals surface area contributed by atoms with Crippen LogP contribution in [0.15, 0.2) is 18.2 Å². The second kappa shape index (κ2) is 4.53. The molecule has 0 saturated heterocycles. The standard InChI is InChI=1S/C12H14O4/c13-7-10(12(14)15)8-3-4-11-9(6-8)2-1-5-16-11/h3-4,6,10,13H,1-2,5,7H2,(H,14,15). The summed E-state index contributed by atoms with van der Waals surface area (Å²) < 4.78 is 5.44. The van der Waals surface area contributed by atoms with E-state index in [4.69, 9.17) is 14.9 Å². The lowest BCUT2D eigenvalue weighted by Gasteiger charge is -2.19. The lowest BCUT2D eigenvalue weighted by Crippen LogP contribution is -2.16. The Labute approximate surface area is 93.5 Å². The number of aliphatic hydroxyl groups is 1. The summed E-state index contributed by atoms with van der Waals surface area (Å²) in [7, 11) is 0. The molecule has 0 saturated carbocycles. The van der Waals surface area contributed by atoms with Gasteiger partial charge in [0.1, 0.15) is 11.7 Å². The first-order valence-corrected chi connectivity index (χ1v) is 5.31. The number of rotatable bonds is 3.